The highest BCUT2D eigenvalue weighted by Gasteiger charge is 2.48. The number of methoxy groups -OCH3 is 1. The zero-order chi connectivity index (χ0) is 29.8. The highest BCUT2D eigenvalue weighted by molar-refractivity contribution is 7.17. The average molecular weight is 579 g/mol. The number of hydrogen-bond donors (Lipinski definition) is 1. The zero-order valence-corrected chi connectivity index (χ0v) is 24.9. The summed E-state index contributed by atoms with van der Waals surface area (Å²) in [4.78, 5) is 45.7. The van der Waals surface area contributed by atoms with Gasteiger partial charge in [-0.2, -0.15) is 0 Å². The van der Waals surface area contributed by atoms with E-state index < -0.39 is 23.7 Å². The second-order valence-corrected chi connectivity index (χ2v) is 10.7. The molecule has 0 aliphatic carbocycles. The second kappa shape index (κ2) is 12.6. The molecule has 4 rings (SSSR count). The molecule has 1 unspecified atom stereocenters. The molecule has 0 bridgehead atoms. The number of rotatable bonds is 10. The topological polar surface area (TPSA) is 115 Å². The van der Waals surface area contributed by atoms with Crippen LogP contribution in [-0.4, -0.2) is 48.1 Å². The van der Waals surface area contributed by atoms with Crippen LogP contribution in [0.15, 0.2) is 42.0 Å². The molecule has 0 saturated carbocycles. The molecule has 1 atom stereocenters. The Morgan fingerprint density at radius 1 is 1.07 bits per heavy atom. The first-order valence-corrected chi connectivity index (χ1v) is 14.3. The Balaban J connectivity index is 1.93. The van der Waals surface area contributed by atoms with Gasteiger partial charge >= 0.3 is 11.9 Å². The smallest absolute Gasteiger partial charge is 0.350 e. The second-order valence-electron chi connectivity index (χ2n) is 9.73. The molecule has 9 nitrogen and oxygen atoms in total. The van der Waals surface area contributed by atoms with Gasteiger partial charge in [-0.05, 0) is 63.4 Å². The van der Waals surface area contributed by atoms with E-state index in [0.29, 0.717) is 34.9 Å². The van der Waals surface area contributed by atoms with Gasteiger partial charge in [-0.3, -0.25) is 14.5 Å². The number of anilines is 1. The van der Waals surface area contributed by atoms with Gasteiger partial charge < -0.3 is 19.3 Å². The predicted octanol–water partition coefficient (Wildman–Crippen LogP) is 6.06. The normalized spacial score (nSPS) is 16.2. The summed E-state index contributed by atoms with van der Waals surface area (Å²) in [6.07, 6.45) is 1.83. The summed E-state index contributed by atoms with van der Waals surface area (Å²) >= 11 is 0.958. The molecule has 1 aliphatic heterocycles. The third-order valence-corrected chi connectivity index (χ3v) is 7.94. The number of aromatic nitrogens is 1. The fourth-order valence-electron chi connectivity index (χ4n) is 4.65. The van der Waals surface area contributed by atoms with E-state index in [1.165, 1.54) is 12.0 Å². The third-order valence-electron chi connectivity index (χ3n) is 6.80. The number of thiazole rings is 1. The molecule has 0 spiro atoms. The number of ketones is 1. The lowest BCUT2D eigenvalue weighted by Gasteiger charge is -2.24. The number of Topliss-reactive ketones (excluding diaryl/α,β-unsaturated/α-hetero) is 1. The highest BCUT2D eigenvalue weighted by Crippen LogP contribution is 2.46. The number of nitrogens with zero attached hydrogens (tertiary/aromatic N) is 2. The van der Waals surface area contributed by atoms with E-state index in [4.69, 9.17) is 14.2 Å². The minimum atomic E-state index is -1.05. The van der Waals surface area contributed by atoms with Crippen LogP contribution in [0.4, 0.5) is 5.13 Å². The van der Waals surface area contributed by atoms with Crippen molar-refractivity contribution in [1.29, 1.82) is 0 Å². The van der Waals surface area contributed by atoms with Gasteiger partial charge in [0.1, 0.15) is 10.6 Å². The number of carbonyl (C=O) groups excluding carboxylic acids is 3. The molecule has 2 aromatic carbocycles. The van der Waals surface area contributed by atoms with Gasteiger partial charge in [0.25, 0.3) is 5.78 Å². The first-order chi connectivity index (χ1) is 19.6. The summed E-state index contributed by atoms with van der Waals surface area (Å²) < 4.78 is 16.6. The molecule has 3 aromatic rings. The SMILES string of the molecule is CCCCOc1ccc(C2C(=C(O)c3cc(C)ccc3C)C(=O)C(=O)N2c2nc(C)c(C(=O)OCC)s2)cc1OC. The number of aliphatic hydroxyl groups is 1. The minimum Gasteiger partial charge on any atom is -0.507 e. The van der Waals surface area contributed by atoms with Gasteiger partial charge in [0.2, 0.25) is 0 Å². The minimum absolute atomic E-state index is 0.0871. The number of hydrogen-bond acceptors (Lipinski definition) is 9. The first kappa shape index (κ1) is 29.8. The molecular formula is C31H34N2O7S. The fraction of sp³-hybridized carbons (Fsp3) is 0.355. The summed E-state index contributed by atoms with van der Waals surface area (Å²) in [5.74, 6) is -1.65. The summed E-state index contributed by atoms with van der Waals surface area (Å²) in [5.41, 5.74) is 2.85. The standard InChI is InChI=1S/C31H34N2O7S/c1-7-9-14-40-22-13-12-20(16-23(22)38-6)25-24(26(34)21-15-17(3)10-11-18(21)4)27(35)29(36)33(25)31-32-19(5)28(41-31)30(37)39-8-2/h10-13,15-16,25,34H,7-9,14H2,1-6H3. The van der Waals surface area contributed by atoms with Crippen molar-refractivity contribution in [3.63, 3.8) is 0 Å². The lowest BCUT2D eigenvalue weighted by molar-refractivity contribution is -0.132. The molecule has 1 fully saturated rings. The quantitative estimate of drug-likeness (QED) is 0.102. The number of benzene rings is 2. The number of unbranched alkanes of at least 4 members (excludes halogenated alkanes) is 1. The molecule has 1 aliphatic rings. The molecular weight excluding hydrogens is 544 g/mol. The van der Waals surface area contributed by atoms with Crippen molar-refractivity contribution in [1.82, 2.24) is 4.98 Å². The van der Waals surface area contributed by atoms with Crippen LogP contribution in [0.5, 0.6) is 11.5 Å². The van der Waals surface area contributed by atoms with Crippen molar-refractivity contribution in [2.24, 2.45) is 0 Å². The molecule has 1 N–H and O–H groups in total. The molecule has 0 radical (unpaired) electrons. The van der Waals surface area contributed by atoms with E-state index in [-0.39, 0.29) is 27.9 Å². The van der Waals surface area contributed by atoms with Crippen molar-refractivity contribution < 1.29 is 33.7 Å². The Kier molecular flexibility index (Phi) is 9.12. The largest absolute Gasteiger partial charge is 0.507 e. The van der Waals surface area contributed by atoms with E-state index in [1.807, 2.05) is 26.0 Å². The molecule has 10 heteroatoms. The van der Waals surface area contributed by atoms with Crippen molar-refractivity contribution in [3.05, 3.63) is 74.8 Å². The van der Waals surface area contributed by atoms with E-state index in [2.05, 4.69) is 11.9 Å². The average Bonchev–Trinajstić information content (AvgIpc) is 3.46. The van der Waals surface area contributed by atoms with Crippen LogP contribution in [0, 0.1) is 20.8 Å². The monoisotopic (exact) mass is 578 g/mol. The van der Waals surface area contributed by atoms with Gasteiger partial charge in [0, 0.05) is 5.56 Å². The molecule has 216 valence electrons. The Morgan fingerprint density at radius 2 is 1.83 bits per heavy atom. The van der Waals surface area contributed by atoms with Crippen LogP contribution in [0.25, 0.3) is 5.76 Å². The summed E-state index contributed by atoms with van der Waals surface area (Å²) in [6, 6.07) is 9.61. The van der Waals surface area contributed by atoms with Crippen LogP contribution in [0.2, 0.25) is 0 Å². The number of aliphatic hydroxyl groups excluding tert-OH is 1. The van der Waals surface area contributed by atoms with Gasteiger partial charge in [-0.1, -0.05) is 48.4 Å². The van der Waals surface area contributed by atoms with Crippen LogP contribution in [0.1, 0.15) is 70.4 Å². The maximum Gasteiger partial charge on any atom is 0.350 e. The maximum atomic E-state index is 13.6. The molecule has 1 amide bonds. The van der Waals surface area contributed by atoms with E-state index in [9.17, 15) is 19.5 Å². The van der Waals surface area contributed by atoms with Crippen LogP contribution in [-0.2, 0) is 14.3 Å². The maximum absolute atomic E-state index is 13.6. The predicted molar refractivity (Wildman–Crippen MR) is 157 cm³/mol. The first-order valence-electron chi connectivity index (χ1n) is 13.5. The number of esters is 1. The number of amides is 1. The van der Waals surface area contributed by atoms with Crippen molar-refractivity contribution in [2.45, 2.75) is 53.5 Å². The lowest BCUT2D eigenvalue weighted by atomic mass is 9.93. The summed E-state index contributed by atoms with van der Waals surface area (Å²) in [6.45, 7) is 9.79. The Morgan fingerprint density at radius 3 is 2.51 bits per heavy atom. The van der Waals surface area contributed by atoms with E-state index in [0.717, 1.165) is 35.3 Å². The number of ether oxygens (including phenoxy) is 3. The van der Waals surface area contributed by atoms with Gasteiger partial charge in [-0.15, -0.1) is 0 Å². The van der Waals surface area contributed by atoms with E-state index >= 15 is 0 Å². The Bertz CT molecular complexity index is 1520. The zero-order valence-electron chi connectivity index (χ0n) is 24.1. The van der Waals surface area contributed by atoms with E-state index in [1.54, 1.807) is 38.1 Å². The molecule has 41 heavy (non-hydrogen) atoms. The number of carbonyl (C=O) groups is 3. The Hall–Kier alpha value is -4.18. The van der Waals surface area contributed by atoms with Crippen LogP contribution >= 0.6 is 11.3 Å². The summed E-state index contributed by atoms with van der Waals surface area (Å²) in [7, 11) is 1.51. The van der Waals surface area contributed by atoms with Gasteiger partial charge in [0.15, 0.2) is 16.6 Å². The van der Waals surface area contributed by atoms with Crippen molar-refractivity contribution >= 4 is 39.9 Å². The fourth-order valence-corrected chi connectivity index (χ4v) is 5.64. The van der Waals surface area contributed by atoms with Gasteiger partial charge in [-0.25, -0.2) is 9.78 Å². The molecule has 2 heterocycles. The third kappa shape index (κ3) is 5.83. The summed E-state index contributed by atoms with van der Waals surface area (Å²) in [5, 5.41) is 11.7. The molecule has 1 saturated heterocycles. The van der Waals surface area contributed by atoms with Crippen molar-refractivity contribution in [2.75, 3.05) is 25.2 Å². The van der Waals surface area contributed by atoms with Crippen LogP contribution < -0.4 is 14.4 Å². The number of aryl methyl sites for hydroxylation is 3. The Labute approximate surface area is 243 Å². The lowest BCUT2D eigenvalue weighted by Crippen LogP contribution is -2.29. The van der Waals surface area contributed by atoms with Crippen LogP contribution in [0.3, 0.4) is 0 Å². The van der Waals surface area contributed by atoms with Crippen molar-refractivity contribution in [3.8, 4) is 11.5 Å². The highest BCUT2D eigenvalue weighted by atomic mass is 32.1. The van der Waals surface area contributed by atoms with Gasteiger partial charge in [0.05, 0.1) is 37.6 Å². The molecule has 1 aromatic heterocycles.